The highest BCUT2D eigenvalue weighted by Gasteiger charge is 2.33. The zero-order chi connectivity index (χ0) is 30.3. The van der Waals surface area contributed by atoms with Gasteiger partial charge in [-0.15, -0.1) is 24.5 Å². The Hall–Kier alpha value is -3.79. The topological polar surface area (TPSA) is 71.8 Å². The van der Waals surface area contributed by atoms with Crippen LogP contribution in [0.3, 0.4) is 0 Å². The molecule has 1 saturated heterocycles. The molecule has 2 aliphatic rings. The number of nitrogens with zero attached hydrogens (tertiary/aromatic N) is 2. The molecule has 0 radical (unpaired) electrons. The number of alkyl halides is 3. The highest BCUT2D eigenvalue weighted by atomic mass is 32.1. The summed E-state index contributed by atoms with van der Waals surface area (Å²) in [6.45, 7) is 2.88. The molecule has 1 saturated carbocycles. The van der Waals surface area contributed by atoms with E-state index in [1.807, 2.05) is 33.7 Å². The molecule has 4 aromatic rings. The standard InChI is InChI=1S/C33H33F3N2O4S/c1-20-7-6-16-37(20)28(39)19-38-26-18-27(32(40)41)43-31(26)29(22-8-3-2-4-9-22)30(38)23-14-12-21(13-15-23)24-10-5-11-25(17-24)42-33(34,35)36/h5,10-15,17-18,20,22H,2-4,6-9,16,19H2,1H3,(H,40,41). The zero-order valence-corrected chi connectivity index (χ0v) is 24.6. The number of thiophene rings is 1. The number of rotatable bonds is 7. The predicted molar refractivity (Wildman–Crippen MR) is 161 cm³/mol. The molecule has 226 valence electrons. The van der Waals surface area contributed by atoms with Crippen LogP contribution in [-0.4, -0.2) is 45.4 Å². The number of carbonyl (C=O) groups is 2. The van der Waals surface area contributed by atoms with Crippen LogP contribution in [0, 0.1) is 0 Å². The Labute approximate surface area is 251 Å². The number of fused-ring (bicyclic) bond motifs is 1. The molecule has 10 heteroatoms. The van der Waals surface area contributed by atoms with Gasteiger partial charge < -0.3 is 19.3 Å². The third-order valence-corrected chi connectivity index (χ3v) is 9.87. The number of hydrogen-bond acceptors (Lipinski definition) is 4. The maximum absolute atomic E-state index is 13.6. The largest absolute Gasteiger partial charge is 0.573 e. The quantitative estimate of drug-likeness (QED) is 0.227. The van der Waals surface area contributed by atoms with E-state index in [0.717, 1.165) is 77.5 Å². The van der Waals surface area contributed by atoms with Gasteiger partial charge in [0.2, 0.25) is 5.91 Å². The molecule has 6 nitrogen and oxygen atoms in total. The summed E-state index contributed by atoms with van der Waals surface area (Å²) in [5.41, 5.74) is 4.98. The van der Waals surface area contributed by atoms with Crippen LogP contribution in [0.1, 0.15) is 73.0 Å². The molecule has 0 spiro atoms. The second-order valence-electron chi connectivity index (χ2n) is 11.5. The van der Waals surface area contributed by atoms with Crippen LogP contribution < -0.4 is 4.74 Å². The molecule has 1 aliphatic heterocycles. The van der Waals surface area contributed by atoms with E-state index in [2.05, 4.69) is 11.7 Å². The lowest BCUT2D eigenvalue weighted by Gasteiger charge is -2.25. The molecule has 0 bridgehead atoms. The van der Waals surface area contributed by atoms with Gasteiger partial charge in [-0.25, -0.2) is 4.79 Å². The normalized spacial score (nSPS) is 18.0. The van der Waals surface area contributed by atoms with Crippen molar-refractivity contribution in [1.29, 1.82) is 0 Å². The van der Waals surface area contributed by atoms with Crippen LogP contribution in [0.25, 0.3) is 32.6 Å². The van der Waals surface area contributed by atoms with Crippen LogP contribution in [0.4, 0.5) is 13.2 Å². The van der Waals surface area contributed by atoms with Gasteiger partial charge in [-0.3, -0.25) is 4.79 Å². The Kier molecular flexibility index (Phi) is 7.98. The van der Waals surface area contributed by atoms with Crippen molar-refractivity contribution in [3.05, 3.63) is 65.0 Å². The number of aromatic nitrogens is 1. The van der Waals surface area contributed by atoms with Crippen molar-refractivity contribution < 1.29 is 32.6 Å². The highest BCUT2D eigenvalue weighted by molar-refractivity contribution is 7.21. The fraction of sp³-hybridized carbons (Fsp3) is 0.394. The molecule has 2 aromatic carbocycles. The van der Waals surface area contributed by atoms with E-state index in [1.165, 1.54) is 29.5 Å². The van der Waals surface area contributed by atoms with Crippen LogP contribution in [-0.2, 0) is 11.3 Å². The van der Waals surface area contributed by atoms with Gasteiger partial charge in [-0.2, -0.15) is 0 Å². The summed E-state index contributed by atoms with van der Waals surface area (Å²) in [6.07, 6.45) is 2.48. The molecule has 43 heavy (non-hydrogen) atoms. The number of benzene rings is 2. The summed E-state index contributed by atoms with van der Waals surface area (Å²) < 4.78 is 45.4. The van der Waals surface area contributed by atoms with Gasteiger partial charge in [0, 0.05) is 12.6 Å². The number of aromatic carboxylic acids is 1. The summed E-state index contributed by atoms with van der Waals surface area (Å²) >= 11 is 1.27. The summed E-state index contributed by atoms with van der Waals surface area (Å²) in [5.74, 6) is -1.01. The summed E-state index contributed by atoms with van der Waals surface area (Å²) in [6, 6.07) is 15.3. The van der Waals surface area contributed by atoms with Gasteiger partial charge in [0.1, 0.15) is 17.2 Å². The molecule has 1 aliphatic carbocycles. The first-order chi connectivity index (χ1) is 20.6. The molecule has 1 N–H and O–H groups in total. The van der Waals surface area contributed by atoms with E-state index >= 15 is 0 Å². The minimum Gasteiger partial charge on any atom is -0.477 e. The minimum absolute atomic E-state index is 0.0134. The Bertz CT molecular complexity index is 1650. The molecule has 2 fully saturated rings. The van der Waals surface area contributed by atoms with Gasteiger partial charge in [-0.1, -0.05) is 55.7 Å². The number of hydrogen-bond donors (Lipinski definition) is 1. The molecule has 1 atom stereocenters. The monoisotopic (exact) mass is 610 g/mol. The SMILES string of the molecule is CC1CCCN1C(=O)Cn1c(-c2ccc(-c3cccc(OC(F)(F)F)c3)cc2)c(C2CCCCC2)c2sc(C(=O)O)cc21. The summed E-state index contributed by atoms with van der Waals surface area (Å²) in [7, 11) is 0. The predicted octanol–water partition coefficient (Wildman–Crippen LogP) is 8.69. The smallest absolute Gasteiger partial charge is 0.477 e. The van der Waals surface area contributed by atoms with Crippen molar-refractivity contribution in [2.75, 3.05) is 6.54 Å². The number of carboxylic acid groups (broad SMARTS) is 1. The fourth-order valence-corrected chi connectivity index (χ4v) is 7.85. The van der Waals surface area contributed by atoms with Crippen molar-refractivity contribution in [2.24, 2.45) is 0 Å². The van der Waals surface area contributed by atoms with Crippen LogP contribution in [0.15, 0.2) is 54.6 Å². The number of halogens is 3. The van der Waals surface area contributed by atoms with Crippen LogP contribution in [0.2, 0.25) is 0 Å². The Morgan fingerprint density at radius 3 is 2.33 bits per heavy atom. The average molecular weight is 611 g/mol. The Morgan fingerprint density at radius 1 is 0.953 bits per heavy atom. The van der Waals surface area contributed by atoms with E-state index in [-0.39, 0.29) is 35.0 Å². The van der Waals surface area contributed by atoms with Crippen molar-refractivity contribution in [1.82, 2.24) is 9.47 Å². The number of carboxylic acids is 1. The number of likely N-dealkylation sites (tertiary alicyclic amines) is 1. The first-order valence-corrected chi connectivity index (χ1v) is 15.6. The van der Waals surface area contributed by atoms with Gasteiger partial charge in [0.15, 0.2) is 0 Å². The van der Waals surface area contributed by atoms with Gasteiger partial charge >= 0.3 is 12.3 Å². The van der Waals surface area contributed by atoms with Crippen LogP contribution in [0.5, 0.6) is 5.75 Å². The minimum atomic E-state index is -4.78. The molecule has 3 heterocycles. The lowest BCUT2D eigenvalue weighted by molar-refractivity contribution is -0.274. The van der Waals surface area contributed by atoms with Crippen molar-refractivity contribution in [3.63, 3.8) is 0 Å². The Morgan fingerprint density at radius 2 is 1.67 bits per heavy atom. The third-order valence-electron chi connectivity index (χ3n) is 8.72. The van der Waals surface area contributed by atoms with Gasteiger partial charge in [0.05, 0.1) is 15.9 Å². The van der Waals surface area contributed by atoms with E-state index < -0.39 is 12.3 Å². The number of amides is 1. The van der Waals surface area contributed by atoms with E-state index in [1.54, 1.807) is 12.1 Å². The average Bonchev–Trinajstić information content (AvgIpc) is 3.68. The van der Waals surface area contributed by atoms with E-state index in [0.29, 0.717) is 12.1 Å². The Balaban J connectivity index is 1.46. The maximum Gasteiger partial charge on any atom is 0.573 e. The second kappa shape index (κ2) is 11.7. The van der Waals surface area contributed by atoms with Crippen molar-refractivity contribution in [2.45, 2.75) is 76.7 Å². The molecule has 1 amide bonds. The van der Waals surface area contributed by atoms with Crippen LogP contribution >= 0.6 is 11.3 Å². The fourth-order valence-electron chi connectivity index (χ4n) is 6.72. The first-order valence-electron chi connectivity index (χ1n) is 14.7. The number of carbonyl (C=O) groups excluding carboxylic acids is 1. The second-order valence-corrected chi connectivity index (χ2v) is 12.6. The lowest BCUT2D eigenvalue weighted by Crippen LogP contribution is -2.36. The molecule has 2 aromatic heterocycles. The van der Waals surface area contributed by atoms with Crippen molar-refractivity contribution in [3.8, 4) is 28.1 Å². The van der Waals surface area contributed by atoms with Gasteiger partial charge in [0.25, 0.3) is 0 Å². The summed E-state index contributed by atoms with van der Waals surface area (Å²) in [5, 5.41) is 9.85. The van der Waals surface area contributed by atoms with Crippen molar-refractivity contribution >= 4 is 33.4 Å². The number of ether oxygens (including phenoxy) is 1. The third kappa shape index (κ3) is 6.02. The van der Waals surface area contributed by atoms with E-state index in [9.17, 15) is 27.9 Å². The first kappa shape index (κ1) is 29.3. The molecule has 1 unspecified atom stereocenters. The zero-order valence-electron chi connectivity index (χ0n) is 23.8. The highest BCUT2D eigenvalue weighted by Crippen LogP contribution is 2.47. The molecular weight excluding hydrogens is 577 g/mol. The molecular formula is C33H33F3N2O4S. The lowest BCUT2D eigenvalue weighted by atomic mass is 9.83. The summed E-state index contributed by atoms with van der Waals surface area (Å²) in [4.78, 5) is 27.8. The molecule has 6 rings (SSSR count). The van der Waals surface area contributed by atoms with Gasteiger partial charge in [-0.05, 0) is 79.0 Å². The van der Waals surface area contributed by atoms with E-state index in [4.69, 9.17) is 0 Å². The maximum atomic E-state index is 13.6.